The van der Waals surface area contributed by atoms with E-state index < -0.39 is 0 Å². The summed E-state index contributed by atoms with van der Waals surface area (Å²) >= 11 is 2.19. The van der Waals surface area contributed by atoms with E-state index in [9.17, 15) is 0 Å². The van der Waals surface area contributed by atoms with Crippen LogP contribution in [-0.2, 0) is 6.42 Å². The number of aromatic nitrogens is 1. The van der Waals surface area contributed by atoms with Crippen LogP contribution in [0.5, 0.6) is 5.88 Å². The van der Waals surface area contributed by atoms with Gasteiger partial charge in [0.15, 0.2) is 0 Å². The number of aliphatic hydroxyl groups is 1. The highest BCUT2D eigenvalue weighted by Gasteiger charge is 2.08. The normalized spacial score (nSPS) is 10.7. The third kappa shape index (κ3) is 4.41. The van der Waals surface area contributed by atoms with Gasteiger partial charge in [-0.3, -0.25) is 0 Å². The van der Waals surface area contributed by atoms with Gasteiger partial charge in [0.1, 0.15) is 10.3 Å². The van der Waals surface area contributed by atoms with Gasteiger partial charge in [0.2, 0.25) is 5.88 Å². The lowest BCUT2D eigenvalue weighted by Crippen LogP contribution is -2.04. The molecule has 2 aromatic rings. The molecule has 21 heavy (non-hydrogen) atoms. The highest BCUT2D eigenvalue weighted by atomic mass is 127. The first-order valence-electron chi connectivity index (χ1n) is 7.15. The van der Waals surface area contributed by atoms with Gasteiger partial charge in [0.05, 0.1) is 6.61 Å². The Labute approximate surface area is 139 Å². The van der Waals surface area contributed by atoms with Crippen LogP contribution in [0.2, 0.25) is 0 Å². The van der Waals surface area contributed by atoms with Crippen molar-refractivity contribution < 1.29 is 9.84 Å². The second-order valence-electron chi connectivity index (χ2n) is 4.99. The van der Waals surface area contributed by atoms with Crippen LogP contribution in [0, 0.1) is 10.6 Å². The lowest BCUT2D eigenvalue weighted by Gasteiger charge is -2.11. The van der Waals surface area contributed by atoms with Crippen molar-refractivity contribution in [1.29, 1.82) is 0 Å². The molecular formula is C17H20INO2. The minimum Gasteiger partial charge on any atom is -0.475 e. The summed E-state index contributed by atoms with van der Waals surface area (Å²) in [6.07, 6.45) is 2.23. The minimum absolute atomic E-state index is 0.00645. The Morgan fingerprint density at radius 2 is 2.05 bits per heavy atom. The summed E-state index contributed by atoms with van der Waals surface area (Å²) in [5.74, 6) is 0.561. The molecule has 112 valence electrons. The predicted molar refractivity (Wildman–Crippen MR) is 93.7 cm³/mol. The largest absolute Gasteiger partial charge is 0.475 e. The number of aryl methyl sites for hydroxylation is 2. The average Bonchev–Trinajstić information content (AvgIpc) is 2.47. The van der Waals surface area contributed by atoms with Crippen LogP contribution in [0.1, 0.15) is 24.5 Å². The Kier molecular flexibility index (Phi) is 5.99. The first-order chi connectivity index (χ1) is 10.1. The number of benzene rings is 1. The zero-order valence-electron chi connectivity index (χ0n) is 12.4. The van der Waals surface area contributed by atoms with E-state index in [0.29, 0.717) is 5.88 Å². The molecule has 0 saturated carbocycles. The van der Waals surface area contributed by atoms with Crippen LogP contribution in [0.4, 0.5) is 0 Å². The molecular weight excluding hydrogens is 377 g/mol. The van der Waals surface area contributed by atoms with Crippen LogP contribution < -0.4 is 4.74 Å². The first-order valence-corrected chi connectivity index (χ1v) is 8.23. The van der Waals surface area contributed by atoms with Crippen molar-refractivity contribution in [2.45, 2.75) is 26.7 Å². The van der Waals surface area contributed by atoms with Crippen molar-refractivity contribution in [3.63, 3.8) is 0 Å². The molecule has 0 fully saturated rings. The van der Waals surface area contributed by atoms with Crippen molar-refractivity contribution in [3.05, 3.63) is 45.2 Å². The minimum atomic E-state index is -0.00645. The van der Waals surface area contributed by atoms with Crippen LogP contribution in [-0.4, -0.2) is 23.3 Å². The molecule has 2 rings (SSSR count). The third-order valence-corrected chi connectivity index (χ3v) is 3.82. The zero-order chi connectivity index (χ0) is 15.2. The van der Waals surface area contributed by atoms with Crippen LogP contribution in [0.25, 0.3) is 11.1 Å². The zero-order valence-corrected chi connectivity index (χ0v) is 14.6. The standard InChI is InChI=1S/C17H20INO2/c1-3-4-13-6-5-12(2)15(9-13)14-10-16(18)19-17(11-14)21-8-7-20/h5-6,9-11,20H,3-4,7-8H2,1-2H3. The summed E-state index contributed by atoms with van der Waals surface area (Å²) in [5.41, 5.74) is 4.92. The summed E-state index contributed by atoms with van der Waals surface area (Å²) in [6.45, 7) is 4.57. The van der Waals surface area contributed by atoms with Gasteiger partial charge in [-0.15, -0.1) is 0 Å². The summed E-state index contributed by atoms with van der Waals surface area (Å²) < 4.78 is 6.34. The molecule has 1 N–H and O–H groups in total. The molecule has 4 heteroatoms. The van der Waals surface area contributed by atoms with E-state index in [1.165, 1.54) is 16.7 Å². The van der Waals surface area contributed by atoms with E-state index >= 15 is 0 Å². The van der Waals surface area contributed by atoms with Crippen molar-refractivity contribution in [2.24, 2.45) is 0 Å². The smallest absolute Gasteiger partial charge is 0.214 e. The molecule has 0 aliphatic rings. The fourth-order valence-corrected chi connectivity index (χ4v) is 2.85. The van der Waals surface area contributed by atoms with Gasteiger partial charge in [-0.05, 0) is 64.3 Å². The predicted octanol–water partition coefficient (Wildman–Crippen LogP) is 3.99. The van der Waals surface area contributed by atoms with E-state index in [-0.39, 0.29) is 13.2 Å². The average molecular weight is 397 g/mol. The summed E-state index contributed by atoms with van der Waals surface area (Å²) in [6, 6.07) is 10.6. The summed E-state index contributed by atoms with van der Waals surface area (Å²) in [7, 11) is 0. The van der Waals surface area contributed by atoms with Crippen LogP contribution >= 0.6 is 22.6 Å². The quantitative estimate of drug-likeness (QED) is 0.592. The monoisotopic (exact) mass is 397 g/mol. The number of hydrogen-bond acceptors (Lipinski definition) is 3. The van der Waals surface area contributed by atoms with Gasteiger partial charge in [0.25, 0.3) is 0 Å². The Hall–Kier alpha value is -1.14. The van der Waals surface area contributed by atoms with E-state index in [0.717, 1.165) is 22.1 Å². The number of rotatable bonds is 6. The first kappa shape index (κ1) is 16.2. The second-order valence-corrected chi connectivity index (χ2v) is 6.09. The molecule has 3 nitrogen and oxygen atoms in total. The molecule has 0 atom stereocenters. The highest BCUT2D eigenvalue weighted by Crippen LogP contribution is 2.28. The Morgan fingerprint density at radius 3 is 2.76 bits per heavy atom. The number of hydrogen-bond donors (Lipinski definition) is 1. The van der Waals surface area contributed by atoms with Gasteiger partial charge in [0, 0.05) is 6.07 Å². The number of ether oxygens (including phenoxy) is 1. The third-order valence-electron chi connectivity index (χ3n) is 3.26. The molecule has 0 aliphatic heterocycles. The highest BCUT2D eigenvalue weighted by molar-refractivity contribution is 14.1. The van der Waals surface area contributed by atoms with Crippen molar-refractivity contribution >= 4 is 22.6 Å². The number of nitrogens with zero attached hydrogens (tertiary/aromatic N) is 1. The van der Waals surface area contributed by atoms with E-state index in [1.807, 2.05) is 6.07 Å². The van der Waals surface area contributed by atoms with E-state index in [4.69, 9.17) is 9.84 Å². The van der Waals surface area contributed by atoms with Crippen LogP contribution in [0.3, 0.4) is 0 Å². The van der Waals surface area contributed by atoms with Gasteiger partial charge in [-0.25, -0.2) is 4.98 Å². The maximum absolute atomic E-state index is 8.87. The second kappa shape index (κ2) is 7.75. The van der Waals surface area contributed by atoms with Crippen molar-refractivity contribution in [3.8, 4) is 17.0 Å². The lowest BCUT2D eigenvalue weighted by molar-refractivity contribution is 0.196. The van der Waals surface area contributed by atoms with Gasteiger partial charge in [-0.2, -0.15) is 0 Å². The Balaban J connectivity index is 2.40. The van der Waals surface area contributed by atoms with Crippen LogP contribution in [0.15, 0.2) is 30.3 Å². The molecule has 1 aromatic carbocycles. The molecule has 0 radical (unpaired) electrons. The van der Waals surface area contributed by atoms with E-state index in [1.54, 1.807) is 0 Å². The summed E-state index contributed by atoms with van der Waals surface area (Å²) in [4.78, 5) is 4.34. The number of pyridine rings is 1. The molecule has 1 heterocycles. The molecule has 0 spiro atoms. The fourth-order valence-electron chi connectivity index (χ4n) is 2.28. The van der Waals surface area contributed by atoms with Gasteiger partial charge >= 0.3 is 0 Å². The fraction of sp³-hybridized carbons (Fsp3) is 0.353. The molecule has 0 saturated heterocycles. The van der Waals surface area contributed by atoms with Gasteiger partial charge in [-0.1, -0.05) is 31.5 Å². The lowest BCUT2D eigenvalue weighted by atomic mass is 9.97. The maximum Gasteiger partial charge on any atom is 0.214 e. The topological polar surface area (TPSA) is 42.4 Å². The van der Waals surface area contributed by atoms with Crippen molar-refractivity contribution in [2.75, 3.05) is 13.2 Å². The molecule has 0 aliphatic carbocycles. The molecule has 0 bridgehead atoms. The van der Waals surface area contributed by atoms with E-state index in [2.05, 4.69) is 65.7 Å². The number of aliphatic hydroxyl groups excluding tert-OH is 1. The van der Waals surface area contributed by atoms with Crippen molar-refractivity contribution in [1.82, 2.24) is 4.98 Å². The summed E-state index contributed by atoms with van der Waals surface area (Å²) in [5, 5.41) is 8.87. The van der Waals surface area contributed by atoms with Gasteiger partial charge < -0.3 is 9.84 Å². The Bertz CT molecular complexity index is 614. The Morgan fingerprint density at radius 1 is 1.24 bits per heavy atom. The molecule has 0 amide bonds. The maximum atomic E-state index is 8.87. The SMILES string of the molecule is CCCc1ccc(C)c(-c2cc(I)nc(OCCO)c2)c1. The molecule has 1 aromatic heterocycles. The number of halogens is 1. The molecule has 0 unspecified atom stereocenters.